The highest BCUT2D eigenvalue weighted by molar-refractivity contribution is 7.98. The van der Waals surface area contributed by atoms with Gasteiger partial charge in [0.15, 0.2) is 0 Å². The van der Waals surface area contributed by atoms with E-state index in [1.54, 1.807) is 16.7 Å². The first-order chi connectivity index (χ1) is 12.0. The Morgan fingerprint density at radius 1 is 1.04 bits per heavy atom. The standard InChI is InChI=1S/C20H23NO3S/c1-15(2)21(13-12-19(22)23)20(24)17-10-8-16(9-11-17)14-25-18-6-4-3-5-7-18/h3-11,15H,12-14H2,1-2H3,(H,22,23). The monoisotopic (exact) mass is 357 g/mol. The maximum atomic E-state index is 12.6. The highest BCUT2D eigenvalue weighted by Crippen LogP contribution is 2.22. The van der Waals surface area contributed by atoms with Gasteiger partial charge in [0.1, 0.15) is 0 Å². The molecule has 4 nitrogen and oxygen atoms in total. The number of carbonyl (C=O) groups is 2. The second-order valence-electron chi connectivity index (χ2n) is 6.03. The van der Waals surface area contributed by atoms with Crippen LogP contribution < -0.4 is 0 Å². The molecule has 2 aromatic rings. The third kappa shape index (κ3) is 5.94. The number of carbonyl (C=O) groups excluding carboxylic acids is 1. The summed E-state index contributed by atoms with van der Waals surface area (Å²) in [5, 5.41) is 8.85. The molecule has 2 aromatic carbocycles. The number of amides is 1. The first-order valence-corrected chi connectivity index (χ1v) is 9.25. The molecule has 0 saturated carbocycles. The van der Waals surface area contributed by atoms with Crippen LogP contribution in [0.5, 0.6) is 0 Å². The average Bonchev–Trinajstić information content (AvgIpc) is 2.60. The molecule has 5 heteroatoms. The zero-order valence-corrected chi connectivity index (χ0v) is 15.3. The first-order valence-electron chi connectivity index (χ1n) is 8.27. The van der Waals surface area contributed by atoms with Crippen LogP contribution in [-0.2, 0) is 10.5 Å². The second-order valence-corrected chi connectivity index (χ2v) is 7.08. The number of carboxylic acid groups (broad SMARTS) is 1. The lowest BCUT2D eigenvalue weighted by Gasteiger charge is -2.26. The van der Waals surface area contributed by atoms with Gasteiger partial charge in [-0.2, -0.15) is 0 Å². The Labute approximate surface area is 152 Å². The first kappa shape index (κ1) is 19.1. The Morgan fingerprint density at radius 3 is 2.24 bits per heavy atom. The molecule has 2 rings (SSSR count). The summed E-state index contributed by atoms with van der Waals surface area (Å²) < 4.78 is 0. The number of nitrogens with zero attached hydrogens (tertiary/aromatic N) is 1. The maximum absolute atomic E-state index is 12.6. The van der Waals surface area contributed by atoms with Crippen molar-refractivity contribution in [1.82, 2.24) is 4.90 Å². The van der Waals surface area contributed by atoms with Crippen LogP contribution in [0, 0.1) is 0 Å². The summed E-state index contributed by atoms with van der Waals surface area (Å²) in [7, 11) is 0. The number of thioether (sulfide) groups is 1. The molecule has 0 unspecified atom stereocenters. The Kier molecular flexibility index (Phi) is 7.07. The Hall–Kier alpha value is -2.27. The lowest BCUT2D eigenvalue weighted by Crippen LogP contribution is -2.38. The van der Waals surface area contributed by atoms with Gasteiger partial charge in [0.25, 0.3) is 5.91 Å². The van der Waals surface area contributed by atoms with Crippen LogP contribution in [-0.4, -0.2) is 34.5 Å². The van der Waals surface area contributed by atoms with Gasteiger partial charge >= 0.3 is 5.97 Å². The van der Waals surface area contributed by atoms with Gasteiger partial charge in [0.05, 0.1) is 6.42 Å². The van der Waals surface area contributed by atoms with Gasteiger partial charge in [0.2, 0.25) is 0 Å². The summed E-state index contributed by atoms with van der Waals surface area (Å²) in [6.07, 6.45) is -0.0459. The molecule has 0 bridgehead atoms. The van der Waals surface area contributed by atoms with Gasteiger partial charge in [-0.05, 0) is 43.7 Å². The normalized spacial score (nSPS) is 10.7. The predicted octanol–water partition coefficient (Wildman–Crippen LogP) is 4.30. The van der Waals surface area contributed by atoms with Gasteiger partial charge in [0, 0.05) is 28.8 Å². The van der Waals surface area contributed by atoms with Crippen molar-refractivity contribution in [3.8, 4) is 0 Å². The minimum absolute atomic E-state index is 0.0415. The summed E-state index contributed by atoms with van der Waals surface area (Å²) in [4.78, 5) is 26.2. The molecule has 0 fully saturated rings. The van der Waals surface area contributed by atoms with Crippen LogP contribution >= 0.6 is 11.8 Å². The van der Waals surface area contributed by atoms with E-state index in [2.05, 4.69) is 12.1 Å². The topological polar surface area (TPSA) is 57.6 Å². The molecule has 0 saturated heterocycles. The highest BCUT2D eigenvalue weighted by atomic mass is 32.2. The quantitative estimate of drug-likeness (QED) is 0.716. The van der Waals surface area contributed by atoms with Crippen molar-refractivity contribution in [1.29, 1.82) is 0 Å². The van der Waals surface area contributed by atoms with Crippen LogP contribution in [0.2, 0.25) is 0 Å². The van der Waals surface area contributed by atoms with Crippen LogP contribution in [0.4, 0.5) is 0 Å². The third-order valence-electron chi connectivity index (χ3n) is 3.80. The van der Waals surface area contributed by atoms with E-state index in [1.165, 1.54) is 4.90 Å². The maximum Gasteiger partial charge on any atom is 0.305 e. The van der Waals surface area contributed by atoms with Gasteiger partial charge in [-0.25, -0.2) is 0 Å². The zero-order valence-electron chi connectivity index (χ0n) is 14.5. The van der Waals surface area contributed by atoms with Gasteiger partial charge in [-0.1, -0.05) is 30.3 Å². The Bertz CT molecular complexity index is 699. The summed E-state index contributed by atoms with van der Waals surface area (Å²) in [6.45, 7) is 4.01. The van der Waals surface area contributed by atoms with E-state index in [4.69, 9.17) is 5.11 Å². The molecule has 0 aliphatic heterocycles. The predicted molar refractivity (Wildman–Crippen MR) is 101 cm³/mol. The minimum Gasteiger partial charge on any atom is -0.481 e. The second kappa shape index (κ2) is 9.28. The van der Waals surface area contributed by atoms with Crippen molar-refractivity contribution < 1.29 is 14.7 Å². The van der Waals surface area contributed by atoms with Crippen molar-refractivity contribution in [2.75, 3.05) is 6.54 Å². The molecule has 0 aromatic heterocycles. The van der Waals surface area contributed by atoms with E-state index in [0.717, 1.165) is 11.3 Å². The number of hydrogen-bond donors (Lipinski definition) is 1. The zero-order chi connectivity index (χ0) is 18.2. The smallest absolute Gasteiger partial charge is 0.305 e. The minimum atomic E-state index is -0.897. The highest BCUT2D eigenvalue weighted by Gasteiger charge is 2.19. The van der Waals surface area contributed by atoms with E-state index < -0.39 is 5.97 Å². The number of benzene rings is 2. The van der Waals surface area contributed by atoms with Crippen molar-refractivity contribution in [3.05, 3.63) is 65.7 Å². The number of rotatable bonds is 8. The molecule has 132 valence electrons. The molecule has 1 amide bonds. The van der Waals surface area contributed by atoms with Crippen molar-refractivity contribution in [2.24, 2.45) is 0 Å². The van der Waals surface area contributed by atoms with Crippen molar-refractivity contribution in [3.63, 3.8) is 0 Å². The van der Waals surface area contributed by atoms with E-state index in [1.807, 2.05) is 56.3 Å². The van der Waals surface area contributed by atoms with E-state index >= 15 is 0 Å². The van der Waals surface area contributed by atoms with E-state index in [0.29, 0.717) is 5.56 Å². The molecule has 0 aliphatic rings. The van der Waals surface area contributed by atoms with Crippen LogP contribution in [0.1, 0.15) is 36.2 Å². The fourth-order valence-electron chi connectivity index (χ4n) is 2.40. The summed E-state index contributed by atoms with van der Waals surface area (Å²) in [5.74, 6) is -0.184. The SMILES string of the molecule is CC(C)N(CCC(=O)O)C(=O)c1ccc(CSc2ccccc2)cc1. The molecule has 0 atom stereocenters. The number of aliphatic carboxylic acids is 1. The lowest BCUT2D eigenvalue weighted by molar-refractivity contribution is -0.137. The largest absolute Gasteiger partial charge is 0.481 e. The summed E-state index contributed by atoms with van der Waals surface area (Å²) in [6, 6.07) is 17.7. The van der Waals surface area contributed by atoms with Gasteiger partial charge < -0.3 is 10.0 Å². The van der Waals surface area contributed by atoms with Gasteiger partial charge in [-0.3, -0.25) is 9.59 Å². The van der Waals surface area contributed by atoms with E-state index in [9.17, 15) is 9.59 Å². The molecule has 25 heavy (non-hydrogen) atoms. The molecule has 0 heterocycles. The number of carboxylic acids is 1. The Morgan fingerprint density at radius 2 is 1.68 bits per heavy atom. The molecule has 1 N–H and O–H groups in total. The molecule has 0 radical (unpaired) electrons. The van der Waals surface area contributed by atoms with Crippen LogP contribution in [0.3, 0.4) is 0 Å². The molecule has 0 aliphatic carbocycles. The lowest BCUT2D eigenvalue weighted by atomic mass is 10.1. The molecular formula is C20H23NO3S. The van der Waals surface area contributed by atoms with E-state index in [-0.39, 0.29) is 24.9 Å². The third-order valence-corrected chi connectivity index (χ3v) is 4.88. The molecular weight excluding hydrogens is 334 g/mol. The van der Waals surface area contributed by atoms with Crippen LogP contribution in [0.15, 0.2) is 59.5 Å². The van der Waals surface area contributed by atoms with Crippen LogP contribution in [0.25, 0.3) is 0 Å². The van der Waals surface area contributed by atoms with Crippen molar-refractivity contribution in [2.45, 2.75) is 37.0 Å². The summed E-state index contributed by atoms with van der Waals surface area (Å²) in [5.41, 5.74) is 1.74. The van der Waals surface area contributed by atoms with Gasteiger partial charge in [-0.15, -0.1) is 11.8 Å². The molecule has 0 spiro atoms. The fraction of sp³-hybridized carbons (Fsp3) is 0.300. The van der Waals surface area contributed by atoms with Crippen molar-refractivity contribution >= 4 is 23.6 Å². The summed E-state index contributed by atoms with van der Waals surface area (Å²) >= 11 is 1.75. The number of hydrogen-bond acceptors (Lipinski definition) is 3. The fourth-order valence-corrected chi connectivity index (χ4v) is 3.28. The average molecular weight is 357 g/mol. The Balaban J connectivity index is 1.99.